The molecular formula is C27H32N2O2. The number of nitrogens with one attached hydrogen (secondary N) is 1. The van der Waals surface area contributed by atoms with E-state index in [0.29, 0.717) is 13.0 Å². The summed E-state index contributed by atoms with van der Waals surface area (Å²) in [5.74, 6) is -0.331. The molecule has 162 valence electrons. The first-order chi connectivity index (χ1) is 14.8. The third-order valence-electron chi connectivity index (χ3n) is 5.93. The zero-order valence-electron chi connectivity index (χ0n) is 19.2. The fraction of sp³-hybridized carbons (Fsp3) is 0.333. The second kappa shape index (κ2) is 9.78. The standard InChI is InChI=1S/C27H32N2O2/c1-6-7-11-24-26(27(31)28-23-10-8-9-19(3)21(23)5)25(30)16-20(4)29(24)17-22-14-12-18(2)13-15-22/h8-10,12-16H,6-7,11,17H2,1-5H3,(H,28,31). The minimum atomic E-state index is -0.331. The Morgan fingerprint density at radius 2 is 1.71 bits per heavy atom. The smallest absolute Gasteiger partial charge is 0.261 e. The molecule has 4 nitrogen and oxygen atoms in total. The Morgan fingerprint density at radius 3 is 2.39 bits per heavy atom. The molecule has 0 saturated heterocycles. The number of anilines is 1. The van der Waals surface area contributed by atoms with E-state index >= 15 is 0 Å². The van der Waals surface area contributed by atoms with Crippen molar-refractivity contribution in [1.29, 1.82) is 0 Å². The largest absolute Gasteiger partial charge is 0.343 e. The van der Waals surface area contributed by atoms with Crippen molar-refractivity contribution in [3.63, 3.8) is 0 Å². The molecule has 0 unspecified atom stereocenters. The van der Waals surface area contributed by atoms with Crippen LogP contribution in [0, 0.1) is 27.7 Å². The van der Waals surface area contributed by atoms with Crippen molar-refractivity contribution in [2.24, 2.45) is 0 Å². The van der Waals surface area contributed by atoms with Crippen LogP contribution in [0.4, 0.5) is 5.69 Å². The molecule has 0 bridgehead atoms. The van der Waals surface area contributed by atoms with Crippen molar-refractivity contribution < 1.29 is 4.79 Å². The third kappa shape index (κ3) is 5.13. The number of unbranched alkanes of at least 4 members (excludes halogenated alkanes) is 1. The normalized spacial score (nSPS) is 10.9. The summed E-state index contributed by atoms with van der Waals surface area (Å²) in [5, 5.41) is 2.99. The van der Waals surface area contributed by atoms with Crippen LogP contribution < -0.4 is 10.7 Å². The molecule has 1 N–H and O–H groups in total. The summed E-state index contributed by atoms with van der Waals surface area (Å²) >= 11 is 0. The quantitative estimate of drug-likeness (QED) is 0.535. The molecule has 3 rings (SSSR count). The Balaban J connectivity index is 2.07. The van der Waals surface area contributed by atoms with Gasteiger partial charge in [-0.05, 0) is 63.3 Å². The van der Waals surface area contributed by atoms with Gasteiger partial charge in [0.25, 0.3) is 5.91 Å². The lowest BCUT2D eigenvalue weighted by Crippen LogP contribution is -2.29. The highest BCUT2D eigenvalue weighted by Gasteiger charge is 2.21. The van der Waals surface area contributed by atoms with Gasteiger partial charge < -0.3 is 9.88 Å². The highest BCUT2D eigenvalue weighted by atomic mass is 16.2. The lowest BCUT2D eigenvalue weighted by atomic mass is 10.0. The molecule has 2 aromatic carbocycles. The van der Waals surface area contributed by atoms with E-state index in [-0.39, 0.29) is 16.9 Å². The fourth-order valence-electron chi connectivity index (χ4n) is 3.84. The second-order valence-corrected chi connectivity index (χ2v) is 8.35. The molecule has 1 aromatic heterocycles. The molecule has 0 saturated carbocycles. The topological polar surface area (TPSA) is 51.1 Å². The van der Waals surface area contributed by atoms with E-state index in [4.69, 9.17) is 0 Å². The first-order valence-electron chi connectivity index (χ1n) is 11.0. The molecule has 1 amide bonds. The van der Waals surface area contributed by atoms with Crippen LogP contribution in [0.2, 0.25) is 0 Å². The number of pyridine rings is 1. The van der Waals surface area contributed by atoms with Gasteiger partial charge in [-0.1, -0.05) is 55.3 Å². The van der Waals surface area contributed by atoms with Gasteiger partial charge in [0.1, 0.15) is 5.56 Å². The Morgan fingerprint density at radius 1 is 1.00 bits per heavy atom. The number of aromatic nitrogens is 1. The number of carbonyl (C=O) groups is 1. The molecule has 0 atom stereocenters. The Kier molecular flexibility index (Phi) is 7.11. The monoisotopic (exact) mass is 416 g/mol. The fourth-order valence-corrected chi connectivity index (χ4v) is 3.84. The van der Waals surface area contributed by atoms with Gasteiger partial charge in [-0.3, -0.25) is 9.59 Å². The number of aryl methyl sites for hydroxylation is 3. The molecule has 0 aliphatic rings. The molecule has 4 heteroatoms. The van der Waals surface area contributed by atoms with Gasteiger partial charge in [0.15, 0.2) is 5.43 Å². The van der Waals surface area contributed by atoms with E-state index in [1.54, 1.807) is 6.07 Å². The van der Waals surface area contributed by atoms with E-state index in [1.807, 2.05) is 39.0 Å². The Labute approximate surface area is 184 Å². The summed E-state index contributed by atoms with van der Waals surface area (Å²) in [6, 6.07) is 15.8. The summed E-state index contributed by atoms with van der Waals surface area (Å²) in [7, 11) is 0. The van der Waals surface area contributed by atoms with Crippen molar-refractivity contribution in [2.45, 2.75) is 60.4 Å². The zero-order valence-corrected chi connectivity index (χ0v) is 19.2. The maximum atomic E-state index is 13.3. The molecule has 31 heavy (non-hydrogen) atoms. The van der Waals surface area contributed by atoms with Crippen LogP contribution in [0.1, 0.15) is 63.8 Å². The summed E-state index contributed by atoms with van der Waals surface area (Å²) in [5.41, 5.74) is 6.95. The van der Waals surface area contributed by atoms with Crippen molar-refractivity contribution in [3.05, 3.63) is 98.0 Å². The summed E-state index contributed by atoms with van der Waals surface area (Å²) < 4.78 is 2.12. The SMILES string of the molecule is CCCCc1c(C(=O)Nc2cccc(C)c2C)c(=O)cc(C)n1Cc1ccc(C)cc1. The molecular weight excluding hydrogens is 384 g/mol. The van der Waals surface area contributed by atoms with E-state index in [1.165, 1.54) is 5.56 Å². The lowest BCUT2D eigenvalue weighted by molar-refractivity contribution is 0.102. The number of carbonyl (C=O) groups excluding carboxylic acids is 1. The van der Waals surface area contributed by atoms with Gasteiger partial charge in [-0.25, -0.2) is 0 Å². The number of nitrogens with zero attached hydrogens (tertiary/aromatic N) is 1. The van der Waals surface area contributed by atoms with Crippen LogP contribution in [0.5, 0.6) is 0 Å². The van der Waals surface area contributed by atoms with Gasteiger partial charge in [-0.2, -0.15) is 0 Å². The van der Waals surface area contributed by atoms with Gasteiger partial charge in [-0.15, -0.1) is 0 Å². The van der Waals surface area contributed by atoms with Crippen molar-refractivity contribution in [2.75, 3.05) is 5.32 Å². The molecule has 0 radical (unpaired) electrons. The van der Waals surface area contributed by atoms with Crippen molar-refractivity contribution >= 4 is 11.6 Å². The third-order valence-corrected chi connectivity index (χ3v) is 5.93. The average molecular weight is 417 g/mol. The lowest BCUT2D eigenvalue weighted by Gasteiger charge is -2.21. The van der Waals surface area contributed by atoms with Gasteiger partial charge >= 0.3 is 0 Å². The van der Waals surface area contributed by atoms with Crippen LogP contribution in [0.25, 0.3) is 0 Å². The molecule has 0 spiro atoms. The molecule has 0 aliphatic heterocycles. The van der Waals surface area contributed by atoms with Crippen LogP contribution in [0.15, 0.2) is 53.3 Å². The minimum Gasteiger partial charge on any atom is -0.343 e. The van der Waals surface area contributed by atoms with E-state index < -0.39 is 0 Å². The number of hydrogen-bond donors (Lipinski definition) is 1. The first kappa shape index (κ1) is 22.5. The number of amides is 1. The molecule has 0 fully saturated rings. The van der Waals surface area contributed by atoms with Crippen LogP contribution in [0.3, 0.4) is 0 Å². The summed E-state index contributed by atoms with van der Waals surface area (Å²) in [4.78, 5) is 26.3. The average Bonchev–Trinajstić information content (AvgIpc) is 2.73. The van der Waals surface area contributed by atoms with Crippen LogP contribution in [-0.4, -0.2) is 10.5 Å². The summed E-state index contributed by atoms with van der Waals surface area (Å²) in [6.07, 6.45) is 2.60. The predicted molar refractivity (Wildman–Crippen MR) is 128 cm³/mol. The highest BCUT2D eigenvalue weighted by Crippen LogP contribution is 2.21. The number of hydrogen-bond acceptors (Lipinski definition) is 2. The van der Waals surface area contributed by atoms with Crippen LogP contribution in [-0.2, 0) is 13.0 Å². The maximum Gasteiger partial charge on any atom is 0.261 e. The maximum absolute atomic E-state index is 13.3. The second-order valence-electron chi connectivity index (χ2n) is 8.35. The number of benzene rings is 2. The summed E-state index contributed by atoms with van der Waals surface area (Å²) in [6.45, 7) is 10.8. The molecule has 1 heterocycles. The van der Waals surface area contributed by atoms with E-state index in [9.17, 15) is 9.59 Å². The van der Waals surface area contributed by atoms with Crippen molar-refractivity contribution in [3.8, 4) is 0 Å². The van der Waals surface area contributed by atoms with Crippen LogP contribution >= 0.6 is 0 Å². The van der Waals surface area contributed by atoms with Gasteiger partial charge in [0.05, 0.1) is 0 Å². The highest BCUT2D eigenvalue weighted by molar-refractivity contribution is 6.05. The zero-order chi connectivity index (χ0) is 22.5. The molecule has 0 aliphatic carbocycles. The predicted octanol–water partition coefficient (Wildman–Crippen LogP) is 5.73. The first-order valence-corrected chi connectivity index (χ1v) is 11.0. The van der Waals surface area contributed by atoms with Gasteiger partial charge in [0.2, 0.25) is 0 Å². The van der Waals surface area contributed by atoms with Gasteiger partial charge in [0, 0.05) is 29.7 Å². The Hall–Kier alpha value is -3.14. The molecule has 3 aromatic rings. The Bertz CT molecular complexity index is 1140. The van der Waals surface area contributed by atoms with Crippen molar-refractivity contribution in [1.82, 2.24) is 4.57 Å². The number of rotatable bonds is 7. The minimum absolute atomic E-state index is 0.216. The van der Waals surface area contributed by atoms with E-state index in [0.717, 1.165) is 46.6 Å². The van der Waals surface area contributed by atoms with E-state index in [2.05, 4.69) is 48.0 Å².